The van der Waals surface area contributed by atoms with Crippen molar-refractivity contribution in [1.82, 2.24) is 0 Å². The van der Waals surface area contributed by atoms with E-state index in [1.165, 1.54) is 62.6 Å². The Hall–Kier alpha value is 0.612. The van der Waals surface area contributed by atoms with Gasteiger partial charge in [-0.15, -0.1) is 0 Å². The first-order valence-corrected chi connectivity index (χ1v) is 51.2. The Kier molecular flexibility index (Phi) is 34.7. The Balaban J connectivity index is 3.44. The van der Waals surface area contributed by atoms with Crippen molar-refractivity contribution >= 4 is 86.7 Å². The molecule has 0 fully saturated rings. The molecule has 0 saturated carbocycles. The summed E-state index contributed by atoms with van der Waals surface area (Å²) >= 11 is 0. The van der Waals surface area contributed by atoms with E-state index in [0.717, 1.165) is 62.3 Å². The second-order valence-electron chi connectivity index (χ2n) is 23.1. The number of rotatable bonds is 47. The van der Waals surface area contributed by atoms with Crippen molar-refractivity contribution in [3.63, 3.8) is 0 Å². The zero-order valence-corrected chi connectivity index (χ0v) is 59.5. The van der Waals surface area contributed by atoms with Crippen LogP contribution in [0.3, 0.4) is 0 Å². The van der Waals surface area contributed by atoms with Gasteiger partial charge in [0.15, 0.2) is 25.0 Å². The van der Waals surface area contributed by atoms with Gasteiger partial charge in [-0.1, -0.05) is 131 Å². The highest BCUT2D eigenvalue weighted by Gasteiger charge is 2.53. The molecule has 0 heterocycles. The van der Waals surface area contributed by atoms with Gasteiger partial charge in [0.1, 0.15) is 0 Å². The molecule has 0 bridgehead atoms. The topological polar surface area (TPSA) is 129 Å². The SMILES string of the molecule is CCOOCCCCCCCCCCC[Si](C)(C)c1ccc([Si](C)(C)CCC[Si](O[Si](C)(C)CCC[Si](OC)(OC)OC)(O[Si](C)(C)CCC[Si](OC)(OC)OC)O[Si](C)(C)CCC[Si](OC)(OC)OC)cc1. The summed E-state index contributed by atoms with van der Waals surface area (Å²) in [6.45, 7) is 27.5. The third kappa shape index (κ3) is 27.1. The van der Waals surface area contributed by atoms with Crippen molar-refractivity contribution in [2.45, 2.75) is 210 Å². The van der Waals surface area contributed by atoms with Crippen LogP contribution in [0.2, 0.25) is 120 Å². The minimum atomic E-state index is -3.38. The van der Waals surface area contributed by atoms with Crippen LogP contribution in [-0.2, 0) is 62.0 Å². The molecule has 0 saturated heterocycles. The maximum Gasteiger partial charge on any atom is 0.500 e. The van der Waals surface area contributed by atoms with Crippen molar-refractivity contribution in [1.29, 1.82) is 0 Å². The fourth-order valence-electron chi connectivity index (χ4n) is 10.0. The van der Waals surface area contributed by atoms with Crippen LogP contribution in [0.15, 0.2) is 24.3 Å². The molecule has 1 aromatic rings. The third-order valence-electron chi connectivity index (χ3n) is 14.8. The van der Waals surface area contributed by atoms with Gasteiger partial charge in [0, 0.05) is 88.2 Å². The Labute approximate surface area is 457 Å². The summed E-state index contributed by atoms with van der Waals surface area (Å²) in [5, 5.41) is 3.09. The molecule has 0 amide bonds. The molecule has 0 atom stereocenters. The van der Waals surface area contributed by atoms with Gasteiger partial charge in [-0.05, 0) is 90.0 Å². The van der Waals surface area contributed by atoms with Gasteiger partial charge >= 0.3 is 35.2 Å². The van der Waals surface area contributed by atoms with Gasteiger partial charge in [0.2, 0.25) is 0 Å². The van der Waals surface area contributed by atoms with Crippen molar-refractivity contribution in [2.24, 2.45) is 0 Å². The minimum absolute atomic E-state index is 0.615. The van der Waals surface area contributed by atoms with Crippen molar-refractivity contribution in [2.75, 3.05) is 77.2 Å². The Morgan fingerprint density at radius 2 is 0.548 bits per heavy atom. The summed E-state index contributed by atoms with van der Waals surface area (Å²) in [6, 6.07) is 18.0. The van der Waals surface area contributed by atoms with Crippen molar-refractivity contribution in [3.8, 4) is 0 Å². The maximum absolute atomic E-state index is 7.77. The van der Waals surface area contributed by atoms with Crippen LogP contribution in [0.5, 0.6) is 0 Å². The largest absolute Gasteiger partial charge is 0.500 e. The van der Waals surface area contributed by atoms with Gasteiger partial charge in [0.05, 0.1) is 29.4 Å². The van der Waals surface area contributed by atoms with Crippen LogP contribution in [0.1, 0.15) is 90.4 Å². The fraction of sp³-hybridized carbons (Fsp3) is 0.880. The predicted molar refractivity (Wildman–Crippen MR) is 323 cm³/mol. The lowest BCUT2D eigenvalue weighted by Crippen LogP contribution is -2.62. The summed E-state index contributed by atoms with van der Waals surface area (Å²) in [5.74, 6) is 0. The molecule has 0 radical (unpaired) electrons. The molecular formula is C50H112O14Si9. The number of hydrogen-bond donors (Lipinski definition) is 0. The lowest BCUT2D eigenvalue weighted by molar-refractivity contribution is -0.291. The highest BCUT2D eigenvalue weighted by atomic mass is 28.5. The van der Waals surface area contributed by atoms with E-state index in [9.17, 15) is 0 Å². The van der Waals surface area contributed by atoms with E-state index in [1.807, 2.05) is 6.92 Å². The molecule has 0 aliphatic carbocycles. The Morgan fingerprint density at radius 1 is 0.288 bits per heavy atom. The number of benzene rings is 1. The second kappa shape index (κ2) is 35.4. The highest BCUT2D eigenvalue weighted by molar-refractivity contribution is 6.92. The second-order valence-corrected chi connectivity index (χ2v) is 58.4. The van der Waals surface area contributed by atoms with E-state index >= 15 is 0 Å². The summed E-state index contributed by atoms with van der Waals surface area (Å²) in [7, 11) is -7.21. The first-order valence-electron chi connectivity index (χ1n) is 27.7. The molecule has 23 heteroatoms. The summed E-state index contributed by atoms with van der Waals surface area (Å²) in [4.78, 5) is 10.1. The molecule has 0 spiro atoms. The van der Waals surface area contributed by atoms with Crippen LogP contribution >= 0.6 is 0 Å². The minimum Gasteiger partial charge on any atom is -0.417 e. The summed E-state index contributed by atoms with van der Waals surface area (Å²) in [5.41, 5.74) is 0. The maximum atomic E-state index is 7.77. The standard InChI is InChI=1S/C50H112O14Si9/c1-21-60-61-39-29-27-25-23-22-24-26-28-30-40-65(11,12)49-35-37-50(38-36-49)66(13,14)41-31-48-73(62-67(15,16)42-32-45-70(51-2,52-3)53-4,63-68(17,18)43-33-46-71(54-5,55-6)56-7)64-69(19,20)44-34-47-72(57-8,58-9)59-10/h35-38H,21-34,39-48H2,1-20H3. The van der Waals surface area contributed by atoms with Crippen LogP contribution in [0, 0.1) is 0 Å². The van der Waals surface area contributed by atoms with Gasteiger partial charge in [0.25, 0.3) is 0 Å². The normalized spacial score (nSPS) is 13.9. The van der Waals surface area contributed by atoms with Crippen LogP contribution in [0.25, 0.3) is 0 Å². The zero-order valence-electron chi connectivity index (χ0n) is 50.5. The van der Waals surface area contributed by atoms with Gasteiger partial charge in [-0.25, -0.2) is 9.78 Å². The molecule has 0 aliphatic heterocycles. The van der Waals surface area contributed by atoms with Gasteiger partial charge in [-0.3, -0.25) is 0 Å². The quantitative estimate of drug-likeness (QED) is 0.0266. The monoisotopic (exact) mass is 1190 g/mol. The average molecular weight is 1190 g/mol. The summed E-state index contributed by atoms with van der Waals surface area (Å²) < 4.78 is 75.9. The van der Waals surface area contributed by atoms with E-state index in [1.54, 1.807) is 69.2 Å². The van der Waals surface area contributed by atoms with Gasteiger partial charge in [-0.2, -0.15) is 0 Å². The molecule has 432 valence electrons. The average Bonchev–Trinajstić information content (AvgIpc) is 3.34. The molecule has 73 heavy (non-hydrogen) atoms. The van der Waals surface area contributed by atoms with E-state index in [-0.39, 0.29) is 0 Å². The molecule has 0 unspecified atom stereocenters. The predicted octanol–water partition coefficient (Wildman–Crippen LogP) is 12.8. The van der Waals surface area contributed by atoms with Crippen LogP contribution < -0.4 is 10.4 Å². The van der Waals surface area contributed by atoms with Crippen LogP contribution in [0.4, 0.5) is 0 Å². The lowest BCUT2D eigenvalue weighted by atomic mass is 10.1. The van der Waals surface area contributed by atoms with Gasteiger partial charge < -0.3 is 52.2 Å². The summed E-state index contributed by atoms with van der Waals surface area (Å²) in [6.07, 6.45) is 15.2. The van der Waals surface area contributed by atoms with E-state index in [2.05, 4.69) is 89.7 Å². The fourth-order valence-corrected chi connectivity index (χ4v) is 39.4. The van der Waals surface area contributed by atoms with E-state index < -0.39 is 76.3 Å². The van der Waals surface area contributed by atoms with E-state index in [0.29, 0.717) is 31.3 Å². The molecule has 1 rings (SSSR count). The smallest absolute Gasteiger partial charge is 0.417 e. The number of hydrogen-bond acceptors (Lipinski definition) is 14. The van der Waals surface area contributed by atoms with Crippen molar-refractivity contribution < 1.29 is 62.0 Å². The van der Waals surface area contributed by atoms with E-state index in [4.69, 9.17) is 62.0 Å². The first-order chi connectivity index (χ1) is 34.3. The highest BCUT2D eigenvalue weighted by Crippen LogP contribution is 2.37. The molecule has 0 aromatic heterocycles. The van der Waals surface area contributed by atoms with Crippen molar-refractivity contribution in [3.05, 3.63) is 24.3 Å². The first kappa shape index (κ1) is 71.6. The molecule has 1 aromatic carbocycles. The third-order valence-corrected chi connectivity index (χ3v) is 46.3. The molecule has 0 N–H and O–H groups in total. The number of unbranched alkanes of at least 4 members (excludes halogenated alkanes) is 8. The Bertz CT molecular complexity index is 1450. The van der Waals surface area contributed by atoms with Crippen LogP contribution in [-0.4, -0.2) is 154 Å². The Morgan fingerprint density at radius 3 is 0.849 bits per heavy atom. The molecular weight excluding hydrogens is 1080 g/mol. The lowest BCUT2D eigenvalue weighted by Gasteiger charge is -2.45. The zero-order chi connectivity index (χ0) is 55.4. The molecule has 14 nitrogen and oxygen atoms in total. The molecule has 0 aliphatic rings.